The van der Waals surface area contributed by atoms with Gasteiger partial charge in [0.15, 0.2) is 0 Å². The Bertz CT molecular complexity index is 1110. The first-order valence-electron chi connectivity index (χ1n) is 11.7. The topological polar surface area (TPSA) is 38.2 Å². The first-order valence-corrected chi connectivity index (χ1v) is 11.7. The maximum absolute atomic E-state index is 5.88. The summed E-state index contributed by atoms with van der Waals surface area (Å²) >= 11 is 0. The van der Waals surface area contributed by atoms with Crippen molar-refractivity contribution in [3.8, 4) is 12.3 Å². The number of nitrogens with zero attached hydrogens (tertiary/aromatic N) is 3. The molecule has 0 amide bonds. The minimum atomic E-state index is 0.289. The van der Waals surface area contributed by atoms with Crippen LogP contribution in [0, 0.1) is 26.2 Å². The maximum atomic E-state index is 5.88. The van der Waals surface area contributed by atoms with Crippen molar-refractivity contribution in [3.05, 3.63) is 93.6 Å². The summed E-state index contributed by atoms with van der Waals surface area (Å²) in [6.07, 6.45) is 9.42. The van der Waals surface area contributed by atoms with E-state index in [1.165, 1.54) is 22.3 Å². The average molecular weight is 440 g/mol. The highest BCUT2D eigenvalue weighted by molar-refractivity contribution is 5.40. The van der Waals surface area contributed by atoms with Gasteiger partial charge in [0.2, 0.25) is 0 Å². The lowest BCUT2D eigenvalue weighted by atomic mass is 9.95. The van der Waals surface area contributed by atoms with Crippen molar-refractivity contribution < 1.29 is 4.74 Å². The van der Waals surface area contributed by atoms with E-state index < -0.39 is 0 Å². The fraction of sp³-hybridized carbons (Fsp3) is 0.379. The van der Waals surface area contributed by atoms with Gasteiger partial charge in [0.1, 0.15) is 5.82 Å². The molecule has 4 heteroatoms. The third kappa shape index (κ3) is 6.07. The van der Waals surface area contributed by atoms with Crippen LogP contribution in [0.15, 0.2) is 48.7 Å². The summed E-state index contributed by atoms with van der Waals surface area (Å²) in [6.45, 7) is 11.7. The molecule has 2 aromatic carbocycles. The largest absolute Gasteiger partial charge is 0.373 e. The van der Waals surface area contributed by atoms with Crippen LogP contribution in [0.1, 0.15) is 58.7 Å². The highest BCUT2D eigenvalue weighted by Crippen LogP contribution is 2.22. The van der Waals surface area contributed by atoms with Crippen LogP contribution in [0.3, 0.4) is 0 Å². The summed E-state index contributed by atoms with van der Waals surface area (Å²) < 4.78 is 5.88. The Kier molecular flexibility index (Phi) is 7.23. The minimum Gasteiger partial charge on any atom is -0.373 e. The van der Waals surface area contributed by atoms with Gasteiger partial charge in [-0.1, -0.05) is 30.2 Å². The second-order valence-electron chi connectivity index (χ2n) is 9.32. The number of rotatable bonds is 6. The first kappa shape index (κ1) is 23.2. The van der Waals surface area contributed by atoms with E-state index in [2.05, 4.69) is 55.6 Å². The zero-order valence-corrected chi connectivity index (χ0v) is 20.1. The molecule has 1 saturated heterocycles. The Morgan fingerprint density at radius 2 is 1.64 bits per heavy atom. The van der Waals surface area contributed by atoms with Crippen molar-refractivity contribution in [1.82, 2.24) is 14.9 Å². The lowest BCUT2D eigenvalue weighted by Crippen LogP contribution is -2.44. The number of ether oxygens (including phenoxy) is 1. The Hall–Kier alpha value is -3.00. The molecule has 0 saturated carbocycles. The standard InChI is InChI=1S/C29H33N3O/c1-6-24-7-9-25(10-8-24)15-29-30-12-11-27(31-29)16-28-20(2)13-26(14-21(28)3)19-32-17-22(4)33-23(5)18-32/h1,7-14,22-23H,15-19H2,2-5H3. The molecule has 0 N–H and O–H groups in total. The van der Waals surface area contributed by atoms with Crippen LogP contribution < -0.4 is 0 Å². The third-order valence-corrected chi connectivity index (χ3v) is 6.26. The van der Waals surface area contributed by atoms with E-state index in [0.29, 0.717) is 6.42 Å². The van der Waals surface area contributed by atoms with Gasteiger partial charge in [-0.2, -0.15) is 0 Å². The molecular weight excluding hydrogens is 406 g/mol. The predicted octanol–water partition coefficient (Wildman–Crippen LogP) is 4.87. The van der Waals surface area contributed by atoms with Gasteiger partial charge in [-0.05, 0) is 73.7 Å². The average Bonchev–Trinajstić information content (AvgIpc) is 2.76. The number of morpholine rings is 1. The van der Waals surface area contributed by atoms with E-state index in [4.69, 9.17) is 16.1 Å². The van der Waals surface area contributed by atoms with Gasteiger partial charge in [0.25, 0.3) is 0 Å². The van der Waals surface area contributed by atoms with Crippen LogP contribution >= 0.6 is 0 Å². The monoisotopic (exact) mass is 439 g/mol. The van der Waals surface area contributed by atoms with Gasteiger partial charge in [-0.3, -0.25) is 4.90 Å². The highest BCUT2D eigenvalue weighted by atomic mass is 16.5. The van der Waals surface area contributed by atoms with E-state index in [-0.39, 0.29) is 12.2 Å². The summed E-state index contributed by atoms with van der Waals surface area (Å²) in [4.78, 5) is 11.8. The zero-order chi connectivity index (χ0) is 23.4. The molecule has 0 radical (unpaired) electrons. The van der Waals surface area contributed by atoms with E-state index in [1.54, 1.807) is 0 Å². The van der Waals surface area contributed by atoms with Crippen molar-refractivity contribution in [2.24, 2.45) is 0 Å². The molecule has 33 heavy (non-hydrogen) atoms. The summed E-state index contributed by atoms with van der Waals surface area (Å²) in [5, 5.41) is 0. The Morgan fingerprint density at radius 1 is 0.970 bits per heavy atom. The van der Waals surface area contributed by atoms with Gasteiger partial charge in [-0.15, -0.1) is 6.42 Å². The molecule has 1 aromatic heterocycles. The van der Waals surface area contributed by atoms with Gasteiger partial charge in [0.05, 0.1) is 12.2 Å². The second-order valence-corrected chi connectivity index (χ2v) is 9.32. The van der Waals surface area contributed by atoms with Crippen molar-refractivity contribution >= 4 is 0 Å². The van der Waals surface area contributed by atoms with Crippen LogP contribution in [0.5, 0.6) is 0 Å². The van der Waals surface area contributed by atoms with Crippen LogP contribution in [0.4, 0.5) is 0 Å². The molecule has 4 rings (SSSR count). The molecule has 3 aromatic rings. The van der Waals surface area contributed by atoms with Crippen LogP contribution in [0.2, 0.25) is 0 Å². The van der Waals surface area contributed by atoms with E-state index in [0.717, 1.165) is 48.7 Å². The first-order chi connectivity index (χ1) is 15.9. The number of hydrogen-bond acceptors (Lipinski definition) is 4. The molecular formula is C29H33N3O. The molecule has 1 aliphatic heterocycles. The van der Waals surface area contributed by atoms with Gasteiger partial charge in [0, 0.05) is 49.9 Å². The second kappa shape index (κ2) is 10.3. The van der Waals surface area contributed by atoms with Crippen molar-refractivity contribution in [2.75, 3.05) is 13.1 Å². The molecule has 0 aliphatic carbocycles. The van der Waals surface area contributed by atoms with E-state index in [9.17, 15) is 0 Å². The minimum absolute atomic E-state index is 0.289. The van der Waals surface area contributed by atoms with Crippen molar-refractivity contribution in [1.29, 1.82) is 0 Å². The lowest BCUT2D eigenvalue weighted by molar-refractivity contribution is -0.0704. The predicted molar refractivity (Wildman–Crippen MR) is 133 cm³/mol. The summed E-state index contributed by atoms with van der Waals surface area (Å²) in [7, 11) is 0. The highest BCUT2D eigenvalue weighted by Gasteiger charge is 2.22. The fourth-order valence-corrected chi connectivity index (χ4v) is 4.83. The number of hydrogen-bond donors (Lipinski definition) is 0. The van der Waals surface area contributed by atoms with Crippen molar-refractivity contribution in [2.45, 2.75) is 59.3 Å². The quantitative estimate of drug-likeness (QED) is 0.514. The van der Waals surface area contributed by atoms with E-state index >= 15 is 0 Å². The summed E-state index contributed by atoms with van der Waals surface area (Å²) in [5.74, 6) is 3.49. The van der Waals surface area contributed by atoms with Crippen molar-refractivity contribution in [3.63, 3.8) is 0 Å². The smallest absolute Gasteiger partial charge is 0.132 e. The molecule has 2 atom stereocenters. The Morgan fingerprint density at radius 3 is 2.27 bits per heavy atom. The SMILES string of the molecule is C#Cc1ccc(Cc2nccc(Cc3c(C)cc(CN4CC(C)OC(C)C4)cc3C)n2)cc1. The molecule has 2 heterocycles. The molecule has 2 unspecified atom stereocenters. The number of benzene rings is 2. The fourth-order valence-electron chi connectivity index (χ4n) is 4.83. The number of terminal acetylenes is 1. The van der Waals surface area contributed by atoms with Crippen LogP contribution in [-0.4, -0.2) is 40.2 Å². The van der Waals surface area contributed by atoms with E-state index in [1.807, 2.05) is 36.5 Å². The van der Waals surface area contributed by atoms with Gasteiger partial charge >= 0.3 is 0 Å². The zero-order valence-electron chi connectivity index (χ0n) is 20.1. The van der Waals surface area contributed by atoms with Crippen LogP contribution in [-0.2, 0) is 24.1 Å². The maximum Gasteiger partial charge on any atom is 0.132 e. The summed E-state index contributed by atoms with van der Waals surface area (Å²) in [6, 6.07) is 14.7. The molecule has 0 bridgehead atoms. The van der Waals surface area contributed by atoms with Crippen LogP contribution in [0.25, 0.3) is 0 Å². The molecule has 4 nitrogen and oxygen atoms in total. The third-order valence-electron chi connectivity index (χ3n) is 6.26. The number of aryl methyl sites for hydroxylation is 2. The molecule has 1 fully saturated rings. The Labute approximate surface area is 198 Å². The van der Waals surface area contributed by atoms with Gasteiger partial charge in [-0.25, -0.2) is 9.97 Å². The summed E-state index contributed by atoms with van der Waals surface area (Å²) in [5.41, 5.74) is 8.47. The Balaban J connectivity index is 1.46. The molecule has 0 spiro atoms. The van der Waals surface area contributed by atoms with Gasteiger partial charge < -0.3 is 4.74 Å². The normalized spacial score (nSPS) is 18.8. The molecule has 1 aliphatic rings. The molecule has 170 valence electrons. The number of aromatic nitrogens is 2. The lowest BCUT2D eigenvalue weighted by Gasteiger charge is -2.35.